The van der Waals surface area contributed by atoms with Crippen LogP contribution in [0, 0.1) is 0 Å². The van der Waals surface area contributed by atoms with Gasteiger partial charge in [0.2, 0.25) is 5.91 Å². The normalized spacial score (nSPS) is 14.3. The van der Waals surface area contributed by atoms with E-state index < -0.39 is 30.1 Å². The molecule has 1 aliphatic rings. The molecule has 1 heterocycles. The minimum Gasteiger partial charge on any atom is -0.370 e. The van der Waals surface area contributed by atoms with Gasteiger partial charge < -0.3 is 15.5 Å². The van der Waals surface area contributed by atoms with Gasteiger partial charge in [0, 0.05) is 18.1 Å². The first-order valence-corrected chi connectivity index (χ1v) is 10.4. The number of alkyl halides is 3. The largest absolute Gasteiger partial charge is 0.416 e. The fourth-order valence-corrected chi connectivity index (χ4v) is 3.84. The third-order valence-corrected chi connectivity index (χ3v) is 5.43. The molecule has 0 aliphatic carbocycles. The van der Waals surface area contributed by atoms with Gasteiger partial charge in [-0.15, -0.1) is 0 Å². The smallest absolute Gasteiger partial charge is 0.370 e. The monoisotopic (exact) mass is 473 g/mol. The molecule has 31 heavy (non-hydrogen) atoms. The van der Waals surface area contributed by atoms with Crippen molar-refractivity contribution in [1.82, 2.24) is 5.32 Å². The Morgan fingerprint density at radius 1 is 1.00 bits per heavy atom. The van der Waals surface area contributed by atoms with E-state index in [2.05, 4.69) is 10.6 Å². The van der Waals surface area contributed by atoms with Crippen LogP contribution in [-0.4, -0.2) is 31.4 Å². The number of piperidine rings is 1. The van der Waals surface area contributed by atoms with E-state index in [0.29, 0.717) is 23.8 Å². The highest BCUT2D eigenvalue weighted by atomic mass is 35.5. The van der Waals surface area contributed by atoms with Crippen LogP contribution in [0.2, 0.25) is 10.0 Å². The molecule has 0 radical (unpaired) electrons. The summed E-state index contributed by atoms with van der Waals surface area (Å²) in [7, 11) is 0. The second-order valence-electron chi connectivity index (χ2n) is 7.13. The van der Waals surface area contributed by atoms with E-state index in [1.54, 1.807) is 0 Å². The summed E-state index contributed by atoms with van der Waals surface area (Å²) in [6, 6.07) is 7.58. The molecule has 5 nitrogen and oxygen atoms in total. The van der Waals surface area contributed by atoms with E-state index in [1.807, 2.05) is 4.90 Å². The third kappa shape index (κ3) is 6.04. The Morgan fingerprint density at radius 3 is 2.35 bits per heavy atom. The summed E-state index contributed by atoms with van der Waals surface area (Å²) in [4.78, 5) is 26.6. The first kappa shape index (κ1) is 23.2. The van der Waals surface area contributed by atoms with Gasteiger partial charge in [-0.3, -0.25) is 9.59 Å². The molecule has 1 fully saturated rings. The number of benzene rings is 2. The molecule has 10 heteroatoms. The first-order chi connectivity index (χ1) is 14.6. The molecule has 0 unspecified atom stereocenters. The molecule has 3 rings (SSSR count). The van der Waals surface area contributed by atoms with E-state index in [-0.39, 0.29) is 16.3 Å². The predicted molar refractivity (Wildman–Crippen MR) is 115 cm³/mol. The van der Waals surface area contributed by atoms with E-state index in [0.717, 1.165) is 31.4 Å². The summed E-state index contributed by atoms with van der Waals surface area (Å²) in [5, 5.41) is 5.39. The third-order valence-electron chi connectivity index (χ3n) is 4.88. The quantitative estimate of drug-likeness (QED) is 0.613. The van der Waals surface area contributed by atoms with Crippen molar-refractivity contribution in [2.75, 3.05) is 29.9 Å². The highest BCUT2D eigenvalue weighted by Crippen LogP contribution is 2.36. The zero-order valence-electron chi connectivity index (χ0n) is 16.4. The maximum absolute atomic E-state index is 13.2. The van der Waals surface area contributed by atoms with Crippen LogP contribution in [0.15, 0.2) is 36.4 Å². The van der Waals surface area contributed by atoms with Crippen molar-refractivity contribution in [2.24, 2.45) is 0 Å². The van der Waals surface area contributed by atoms with Crippen molar-refractivity contribution in [2.45, 2.75) is 25.4 Å². The average molecular weight is 474 g/mol. The Hall–Kier alpha value is -2.45. The highest BCUT2D eigenvalue weighted by molar-refractivity contribution is 6.36. The number of anilines is 2. The maximum Gasteiger partial charge on any atom is 0.416 e. The van der Waals surface area contributed by atoms with Crippen LogP contribution in [0.25, 0.3) is 0 Å². The fourth-order valence-electron chi connectivity index (χ4n) is 3.35. The number of nitrogens with zero attached hydrogens (tertiary/aromatic N) is 1. The van der Waals surface area contributed by atoms with Crippen LogP contribution < -0.4 is 15.5 Å². The summed E-state index contributed by atoms with van der Waals surface area (Å²) in [6.07, 6.45) is -1.64. The summed E-state index contributed by atoms with van der Waals surface area (Å²) in [6.45, 7) is 0.952. The second-order valence-corrected chi connectivity index (χ2v) is 7.98. The molecule has 1 aliphatic heterocycles. The van der Waals surface area contributed by atoms with Gasteiger partial charge in [0.15, 0.2) is 0 Å². The molecule has 2 aromatic carbocycles. The van der Waals surface area contributed by atoms with Crippen LogP contribution in [0.5, 0.6) is 0 Å². The van der Waals surface area contributed by atoms with Crippen molar-refractivity contribution in [1.29, 1.82) is 0 Å². The SMILES string of the molecule is O=C(CNC(=O)c1ccc(Cl)cc1Cl)Nc1cc(C(F)(F)F)ccc1N1CCCCC1. The van der Waals surface area contributed by atoms with E-state index in [9.17, 15) is 22.8 Å². The van der Waals surface area contributed by atoms with Crippen LogP contribution in [0.4, 0.5) is 24.5 Å². The molecule has 2 amide bonds. The molecule has 166 valence electrons. The standard InChI is InChI=1S/C21H20Cl2F3N3O2/c22-14-5-6-15(16(23)11-14)20(31)27-12-19(30)28-17-10-13(21(24,25)26)4-7-18(17)29-8-2-1-3-9-29/h4-7,10-11H,1-3,8-9,12H2,(H,27,31)(H,28,30). The zero-order chi connectivity index (χ0) is 22.6. The first-order valence-electron chi connectivity index (χ1n) is 9.64. The molecule has 0 bridgehead atoms. The van der Waals surface area contributed by atoms with Gasteiger partial charge in [-0.2, -0.15) is 13.2 Å². The lowest BCUT2D eigenvalue weighted by Gasteiger charge is -2.31. The van der Waals surface area contributed by atoms with Crippen LogP contribution in [-0.2, 0) is 11.0 Å². The minimum atomic E-state index is -4.54. The predicted octanol–water partition coefficient (Wildman–Crippen LogP) is 5.37. The van der Waals surface area contributed by atoms with Gasteiger partial charge in [0.1, 0.15) is 0 Å². The molecular weight excluding hydrogens is 454 g/mol. The van der Waals surface area contributed by atoms with E-state index in [4.69, 9.17) is 23.2 Å². The van der Waals surface area contributed by atoms with E-state index in [1.165, 1.54) is 24.3 Å². The number of carbonyl (C=O) groups is 2. The molecule has 0 atom stereocenters. The van der Waals surface area contributed by atoms with Crippen LogP contribution in [0.3, 0.4) is 0 Å². The summed E-state index contributed by atoms with van der Waals surface area (Å²) < 4.78 is 39.5. The van der Waals surface area contributed by atoms with Crippen molar-refractivity contribution < 1.29 is 22.8 Å². The maximum atomic E-state index is 13.2. The summed E-state index contributed by atoms with van der Waals surface area (Å²) >= 11 is 11.8. The number of nitrogens with one attached hydrogen (secondary N) is 2. The highest BCUT2D eigenvalue weighted by Gasteiger charge is 2.32. The van der Waals surface area contributed by atoms with Crippen molar-refractivity contribution in [3.05, 3.63) is 57.6 Å². The van der Waals surface area contributed by atoms with Crippen LogP contribution in [0.1, 0.15) is 35.2 Å². The lowest BCUT2D eigenvalue weighted by molar-refractivity contribution is -0.137. The number of halogens is 5. The van der Waals surface area contributed by atoms with Gasteiger partial charge in [0.05, 0.1) is 34.1 Å². The number of hydrogen-bond acceptors (Lipinski definition) is 3. The molecule has 2 aromatic rings. The molecular formula is C21H20Cl2F3N3O2. The Kier molecular flexibility index (Phi) is 7.33. The number of hydrogen-bond donors (Lipinski definition) is 2. The van der Waals surface area contributed by atoms with Gasteiger partial charge in [-0.05, 0) is 55.7 Å². The lowest BCUT2D eigenvalue weighted by atomic mass is 10.1. The van der Waals surface area contributed by atoms with Crippen molar-refractivity contribution in [3.8, 4) is 0 Å². The zero-order valence-corrected chi connectivity index (χ0v) is 17.9. The Morgan fingerprint density at radius 2 is 1.71 bits per heavy atom. The molecule has 0 spiro atoms. The van der Waals surface area contributed by atoms with E-state index >= 15 is 0 Å². The molecule has 0 saturated carbocycles. The average Bonchev–Trinajstić information content (AvgIpc) is 2.72. The Balaban J connectivity index is 1.73. The van der Waals surface area contributed by atoms with Gasteiger partial charge in [-0.1, -0.05) is 23.2 Å². The second kappa shape index (κ2) is 9.78. The lowest BCUT2D eigenvalue weighted by Crippen LogP contribution is -2.34. The summed E-state index contributed by atoms with van der Waals surface area (Å²) in [5.74, 6) is -1.26. The molecule has 0 aromatic heterocycles. The topological polar surface area (TPSA) is 61.4 Å². The molecule has 1 saturated heterocycles. The van der Waals surface area contributed by atoms with Crippen molar-refractivity contribution >= 4 is 46.4 Å². The van der Waals surface area contributed by atoms with Crippen molar-refractivity contribution in [3.63, 3.8) is 0 Å². The number of carbonyl (C=O) groups excluding carboxylic acids is 2. The summed E-state index contributed by atoms with van der Waals surface area (Å²) in [5.41, 5.74) is -0.152. The number of amides is 2. The van der Waals surface area contributed by atoms with Gasteiger partial charge in [0.25, 0.3) is 5.91 Å². The Bertz CT molecular complexity index is 977. The van der Waals surface area contributed by atoms with Gasteiger partial charge >= 0.3 is 6.18 Å². The fraction of sp³-hybridized carbons (Fsp3) is 0.333. The van der Waals surface area contributed by atoms with Gasteiger partial charge in [-0.25, -0.2) is 0 Å². The Labute approximate surface area is 187 Å². The number of rotatable bonds is 5. The minimum absolute atomic E-state index is 0.0560. The van der Waals surface area contributed by atoms with Crippen LogP contribution >= 0.6 is 23.2 Å². The molecule has 2 N–H and O–H groups in total.